The molecule has 1 aromatic heterocycles. The van der Waals surface area contributed by atoms with Crippen LogP contribution >= 0.6 is 0 Å². The van der Waals surface area contributed by atoms with Gasteiger partial charge in [0, 0.05) is 17.6 Å². The minimum Gasteiger partial charge on any atom is -0.367 e. The maximum Gasteiger partial charge on any atom is 0.128 e. The summed E-state index contributed by atoms with van der Waals surface area (Å²) in [6.45, 7) is 4.38. The van der Waals surface area contributed by atoms with E-state index in [1.165, 1.54) is 37.1 Å². The summed E-state index contributed by atoms with van der Waals surface area (Å²) in [7, 11) is 0. The summed E-state index contributed by atoms with van der Waals surface area (Å²) >= 11 is 0. The molecule has 0 aromatic carbocycles. The Kier molecular flexibility index (Phi) is 2.01. The Bertz CT molecular complexity index is 367. The molecule has 1 saturated carbocycles. The van der Waals surface area contributed by atoms with Gasteiger partial charge in [-0.15, -0.1) is 0 Å². The van der Waals surface area contributed by atoms with E-state index in [2.05, 4.69) is 35.1 Å². The van der Waals surface area contributed by atoms with E-state index in [4.69, 9.17) is 0 Å². The molecule has 0 amide bonds. The van der Waals surface area contributed by atoms with Crippen molar-refractivity contribution >= 4 is 5.82 Å². The first-order valence-electron chi connectivity index (χ1n) is 6.08. The average Bonchev–Trinajstić information content (AvgIpc) is 2.77. The van der Waals surface area contributed by atoms with E-state index < -0.39 is 0 Å². The zero-order valence-corrected chi connectivity index (χ0v) is 9.53. The SMILES string of the molecule is CC(C)n1ncc2c1N[C@@H]1CCC[C@@H]1C2. The van der Waals surface area contributed by atoms with Gasteiger partial charge in [0.25, 0.3) is 0 Å². The van der Waals surface area contributed by atoms with Gasteiger partial charge in [-0.2, -0.15) is 5.10 Å². The van der Waals surface area contributed by atoms with Gasteiger partial charge < -0.3 is 5.32 Å². The van der Waals surface area contributed by atoms with Gasteiger partial charge in [-0.3, -0.25) is 0 Å². The Morgan fingerprint density at radius 3 is 3.13 bits per heavy atom. The normalized spacial score (nSPS) is 28.7. The zero-order valence-electron chi connectivity index (χ0n) is 9.53. The fourth-order valence-corrected chi connectivity index (χ4v) is 3.03. The molecule has 2 aliphatic rings. The van der Waals surface area contributed by atoms with Gasteiger partial charge in [0.05, 0.1) is 6.20 Å². The van der Waals surface area contributed by atoms with Crippen LogP contribution in [0.25, 0.3) is 0 Å². The van der Waals surface area contributed by atoms with Crippen molar-refractivity contribution in [3.05, 3.63) is 11.8 Å². The molecule has 3 heteroatoms. The lowest BCUT2D eigenvalue weighted by Gasteiger charge is -2.29. The first-order chi connectivity index (χ1) is 7.25. The largest absolute Gasteiger partial charge is 0.367 e. The van der Waals surface area contributed by atoms with Gasteiger partial charge in [0.2, 0.25) is 0 Å². The average molecular weight is 205 g/mol. The Balaban J connectivity index is 1.95. The van der Waals surface area contributed by atoms with Gasteiger partial charge in [-0.25, -0.2) is 4.68 Å². The third-order valence-corrected chi connectivity index (χ3v) is 3.82. The lowest BCUT2D eigenvalue weighted by molar-refractivity contribution is 0.470. The van der Waals surface area contributed by atoms with Crippen molar-refractivity contribution in [1.82, 2.24) is 9.78 Å². The predicted octanol–water partition coefficient (Wildman–Crippen LogP) is 2.60. The predicted molar refractivity (Wildman–Crippen MR) is 61.1 cm³/mol. The highest BCUT2D eigenvalue weighted by Gasteiger charge is 2.33. The summed E-state index contributed by atoms with van der Waals surface area (Å²) in [6.07, 6.45) is 7.41. The molecule has 2 heterocycles. The van der Waals surface area contributed by atoms with Gasteiger partial charge in [0.15, 0.2) is 0 Å². The highest BCUT2D eigenvalue weighted by molar-refractivity contribution is 5.48. The molecule has 0 unspecified atom stereocenters. The molecule has 0 saturated heterocycles. The molecule has 15 heavy (non-hydrogen) atoms. The second-order valence-electron chi connectivity index (χ2n) is 5.20. The molecule has 3 rings (SSSR count). The van der Waals surface area contributed by atoms with Gasteiger partial charge in [-0.05, 0) is 39.0 Å². The summed E-state index contributed by atoms with van der Waals surface area (Å²) in [4.78, 5) is 0. The number of anilines is 1. The first kappa shape index (κ1) is 9.25. The topological polar surface area (TPSA) is 29.9 Å². The van der Waals surface area contributed by atoms with Crippen LogP contribution in [-0.4, -0.2) is 15.8 Å². The van der Waals surface area contributed by atoms with E-state index in [1.807, 2.05) is 0 Å². The van der Waals surface area contributed by atoms with Crippen molar-refractivity contribution in [2.75, 3.05) is 5.32 Å². The molecule has 82 valence electrons. The Morgan fingerprint density at radius 2 is 2.33 bits per heavy atom. The molecule has 0 radical (unpaired) electrons. The molecule has 1 aliphatic heterocycles. The maximum atomic E-state index is 4.48. The Hall–Kier alpha value is -0.990. The van der Waals surface area contributed by atoms with Crippen LogP contribution in [0.3, 0.4) is 0 Å². The Labute approximate surface area is 90.9 Å². The summed E-state index contributed by atoms with van der Waals surface area (Å²) in [5.41, 5.74) is 1.42. The van der Waals surface area contributed by atoms with Crippen LogP contribution in [0.1, 0.15) is 44.7 Å². The smallest absolute Gasteiger partial charge is 0.128 e. The maximum absolute atomic E-state index is 4.48. The number of fused-ring (bicyclic) bond motifs is 2. The lowest BCUT2D eigenvalue weighted by Crippen LogP contribution is -2.31. The highest BCUT2D eigenvalue weighted by Crippen LogP contribution is 2.38. The van der Waals surface area contributed by atoms with Gasteiger partial charge in [-0.1, -0.05) is 6.42 Å². The molecular formula is C12H19N3. The number of hydrogen-bond donors (Lipinski definition) is 1. The van der Waals surface area contributed by atoms with E-state index in [0.29, 0.717) is 12.1 Å². The van der Waals surface area contributed by atoms with E-state index in [-0.39, 0.29) is 0 Å². The summed E-state index contributed by atoms with van der Waals surface area (Å²) in [5.74, 6) is 2.15. The number of hydrogen-bond acceptors (Lipinski definition) is 2. The molecule has 1 aromatic rings. The minimum atomic E-state index is 0.458. The third kappa shape index (κ3) is 1.36. The molecule has 1 N–H and O–H groups in total. The third-order valence-electron chi connectivity index (χ3n) is 3.82. The van der Waals surface area contributed by atoms with Crippen molar-refractivity contribution in [1.29, 1.82) is 0 Å². The highest BCUT2D eigenvalue weighted by atomic mass is 15.3. The molecule has 0 spiro atoms. The van der Waals surface area contributed by atoms with Gasteiger partial charge in [0.1, 0.15) is 5.82 Å². The summed E-state index contributed by atoms with van der Waals surface area (Å²) in [6, 6.07) is 1.17. The molecule has 1 aliphatic carbocycles. The van der Waals surface area contributed by atoms with Crippen LogP contribution in [0, 0.1) is 5.92 Å². The number of rotatable bonds is 1. The fourth-order valence-electron chi connectivity index (χ4n) is 3.03. The summed E-state index contributed by atoms with van der Waals surface area (Å²) in [5, 5.41) is 8.17. The van der Waals surface area contributed by atoms with E-state index in [0.717, 1.165) is 5.92 Å². The standard InChI is InChI=1S/C12H19N3/c1-8(2)15-12-10(7-13-15)6-9-4-3-5-11(9)14-12/h7-9,11,14H,3-6H2,1-2H3/t9-,11-/m1/s1. The summed E-state index contributed by atoms with van der Waals surface area (Å²) < 4.78 is 2.13. The van der Waals surface area contributed by atoms with E-state index >= 15 is 0 Å². The van der Waals surface area contributed by atoms with Crippen molar-refractivity contribution in [2.45, 2.75) is 51.6 Å². The first-order valence-corrected chi connectivity index (χ1v) is 6.08. The fraction of sp³-hybridized carbons (Fsp3) is 0.750. The minimum absolute atomic E-state index is 0.458. The number of aromatic nitrogens is 2. The zero-order chi connectivity index (χ0) is 10.4. The van der Waals surface area contributed by atoms with E-state index in [9.17, 15) is 0 Å². The van der Waals surface area contributed by atoms with Crippen LogP contribution < -0.4 is 5.32 Å². The van der Waals surface area contributed by atoms with Gasteiger partial charge >= 0.3 is 0 Å². The van der Waals surface area contributed by atoms with Crippen LogP contribution in [0.5, 0.6) is 0 Å². The Morgan fingerprint density at radius 1 is 1.47 bits per heavy atom. The molecule has 1 fully saturated rings. The second kappa shape index (κ2) is 3.26. The number of nitrogens with zero attached hydrogens (tertiary/aromatic N) is 2. The second-order valence-corrected chi connectivity index (χ2v) is 5.20. The van der Waals surface area contributed by atoms with Crippen molar-refractivity contribution in [3.63, 3.8) is 0 Å². The van der Waals surface area contributed by atoms with Crippen molar-refractivity contribution in [2.24, 2.45) is 5.92 Å². The van der Waals surface area contributed by atoms with Crippen molar-refractivity contribution in [3.8, 4) is 0 Å². The number of nitrogens with one attached hydrogen (secondary N) is 1. The molecule has 0 bridgehead atoms. The van der Waals surface area contributed by atoms with Crippen molar-refractivity contribution < 1.29 is 0 Å². The quantitative estimate of drug-likeness (QED) is 0.763. The molecule has 3 nitrogen and oxygen atoms in total. The van der Waals surface area contributed by atoms with Crippen LogP contribution in [0.15, 0.2) is 6.20 Å². The lowest BCUT2D eigenvalue weighted by atomic mass is 9.92. The van der Waals surface area contributed by atoms with Crippen LogP contribution in [0.4, 0.5) is 5.82 Å². The molecular weight excluding hydrogens is 186 g/mol. The van der Waals surface area contributed by atoms with Crippen LogP contribution in [0.2, 0.25) is 0 Å². The monoisotopic (exact) mass is 205 g/mol. The van der Waals surface area contributed by atoms with Crippen LogP contribution in [-0.2, 0) is 6.42 Å². The molecule has 2 atom stereocenters. The van der Waals surface area contributed by atoms with E-state index in [1.54, 1.807) is 0 Å².